The fourth-order valence-electron chi connectivity index (χ4n) is 3.93. The fourth-order valence-corrected chi connectivity index (χ4v) is 3.93. The van der Waals surface area contributed by atoms with E-state index in [4.69, 9.17) is 0 Å². The molecule has 0 aliphatic heterocycles. The van der Waals surface area contributed by atoms with Gasteiger partial charge in [-0.3, -0.25) is 0 Å². The molecule has 0 unspecified atom stereocenters. The van der Waals surface area contributed by atoms with Gasteiger partial charge in [0.25, 0.3) is 0 Å². The average Bonchev–Trinajstić information content (AvgIpc) is 2.37. The predicted octanol–water partition coefficient (Wildman–Crippen LogP) is 5.59. The Labute approximate surface area is 130 Å². The Bertz CT molecular complexity index is 514. The monoisotopic (exact) mass is 283 g/mol. The summed E-state index contributed by atoms with van der Waals surface area (Å²) in [7, 11) is 0. The van der Waals surface area contributed by atoms with Gasteiger partial charge < -0.3 is 0 Å². The first-order valence-corrected chi connectivity index (χ1v) is 8.23. The zero-order chi connectivity index (χ0) is 15.7. The van der Waals surface area contributed by atoms with Crippen molar-refractivity contribution in [3.63, 3.8) is 0 Å². The molecule has 114 valence electrons. The molecule has 0 bridgehead atoms. The van der Waals surface area contributed by atoms with Gasteiger partial charge in [0.1, 0.15) is 0 Å². The number of aryl methyl sites for hydroxylation is 2. The van der Waals surface area contributed by atoms with Crippen molar-refractivity contribution in [1.29, 1.82) is 5.26 Å². The van der Waals surface area contributed by atoms with Crippen LogP contribution in [0.4, 0.5) is 0 Å². The van der Waals surface area contributed by atoms with Crippen molar-refractivity contribution < 1.29 is 0 Å². The molecule has 0 saturated heterocycles. The van der Waals surface area contributed by atoms with Gasteiger partial charge in [0.2, 0.25) is 0 Å². The molecule has 0 radical (unpaired) electrons. The topological polar surface area (TPSA) is 23.8 Å². The van der Waals surface area contributed by atoms with Gasteiger partial charge >= 0.3 is 0 Å². The molecule has 0 atom stereocenters. The molecule has 1 nitrogen and oxygen atoms in total. The quantitative estimate of drug-likeness (QED) is 0.694. The molecule has 1 saturated carbocycles. The smallest absolute Gasteiger partial charge is 0.0693 e. The van der Waals surface area contributed by atoms with Gasteiger partial charge in [-0.25, -0.2) is 0 Å². The first kappa shape index (κ1) is 16.1. The highest BCUT2D eigenvalue weighted by Crippen LogP contribution is 2.46. The molecule has 2 rings (SSSR count). The van der Waals surface area contributed by atoms with Crippen molar-refractivity contribution in [3.05, 3.63) is 34.9 Å². The molecule has 1 aromatic carbocycles. The molecule has 1 aliphatic carbocycles. The molecule has 1 aromatic rings. The highest BCUT2D eigenvalue weighted by Gasteiger charge is 2.39. The minimum Gasteiger partial charge on any atom is -0.198 e. The molecule has 0 N–H and O–H groups in total. The third kappa shape index (κ3) is 3.88. The first-order chi connectivity index (χ1) is 9.74. The molecule has 21 heavy (non-hydrogen) atoms. The van der Waals surface area contributed by atoms with Crippen LogP contribution in [0.15, 0.2) is 18.2 Å². The lowest BCUT2D eigenvalue weighted by Crippen LogP contribution is -2.33. The minimum absolute atomic E-state index is 0.137. The summed E-state index contributed by atoms with van der Waals surface area (Å²) in [5, 5.41) is 9.78. The lowest BCUT2D eigenvalue weighted by Gasteiger charge is -2.40. The van der Waals surface area contributed by atoms with E-state index in [-0.39, 0.29) is 5.41 Å². The maximum absolute atomic E-state index is 9.78. The van der Waals surface area contributed by atoms with Gasteiger partial charge in [0.15, 0.2) is 0 Å². The van der Waals surface area contributed by atoms with Crippen molar-refractivity contribution >= 4 is 0 Å². The number of rotatable bonds is 2. The van der Waals surface area contributed by atoms with Gasteiger partial charge in [0.05, 0.1) is 11.5 Å². The Balaban J connectivity index is 2.12. The van der Waals surface area contributed by atoms with Crippen LogP contribution in [-0.4, -0.2) is 0 Å². The molecular formula is C20H29N. The Kier molecular flexibility index (Phi) is 4.47. The molecule has 0 spiro atoms. The lowest BCUT2D eigenvalue weighted by atomic mass is 9.63. The van der Waals surface area contributed by atoms with Crippen LogP contribution in [0.2, 0.25) is 0 Å². The molecule has 1 aliphatic rings. The second-order valence-electron chi connectivity index (χ2n) is 8.21. The van der Waals surface area contributed by atoms with Crippen molar-refractivity contribution in [2.24, 2.45) is 16.7 Å². The number of benzene rings is 1. The van der Waals surface area contributed by atoms with Crippen LogP contribution in [0.25, 0.3) is 0 Å². The van der Waals surface area contributed by atoms with E-state index in [0.717, 1.165) is 25.2 Å². The maximum atomic E-state index is 9.78. The normalized spacial score (nSPS) is 26.4. The lowest BCUT2D eigenvalue weighted by molar-refractivity contribution is 0.120. The largest absolute Gasteiger partial charge is 0.198 e. The van der Waals surface area contributed by atoms with Crippen LogP contribution in [0.3, 0.4) is 0 Å². The van der Waals surface area contributed by atoms with Crippen molar-refractivity contribution in [2.45, 2.75) is 66.7 Å². The Hall–Kier alpha value is -1.29. The van der Waals surface area contributed by atoms with E-state index in [1.54, 1.807) is 0 Å². The minimum atomic E-state index is -0.137. The third-order valence-corrected chi connectivity index (χ3v) is 5.23. The van der Waals surface area contributed by atoms with Crippen molar-refractivity contribution in [1.82, 2.24) is 0 Å². The van der Waals surface area contributed by atoms with E-state index >= 15 is 0 Å². The Morgan fingerprint density at radius 3 is 2.05 bits per heavy atom. The van der Waals surface area contributed by atoms with Gasteiger partial charge in [0, 0.05) is 0 Å². The summed E-state index contributed by atoms with van der Waals surface area (Å²) in [6, 6.07) is 9.39. The van der Waals surface area contributed by atoms with E-state index < -0.39 is 0 Å². The summed E-state index contributed by atoms with van der Waals surface area (Å²) >= 11 is 0. The molecular weight excluding hydrogens is 254 g/mol. The first-order valence-electron chi connectivity index (χ1n) is 8.23. The SMILES string of the molecule is Cc1cc(C)cc(CC2(C#N)CCC(C(C)(C)C)CC2)c1. The molecule has 1 heteroatoms. The van der Waals surface area contributed by atoms with Crippen molar-refractivity contribution in [3.8, 4) is 6.07 Å². The standard InChI is InChI=1S/C20H29N/c1-15-10-16(2)12-17(11-15)13-20(14-21)8-6-18(7-9-20)19(3,4)5/h10-12,18H,6-9,13H2,1-5H3. The number of hydrogen-bond donors (Lipinski definition) is 0. The highest BCUT2D eigenvalue weighted by molar-refractivity contribution is 5.30. The van der Waals surface area contributed by atoms with E-state index in [9.17, 15) is 5.26 Å². The Morgan fingerprint density at radius 2 is 1.62 bits per heavy atom. The summed E-state index contributed by atoms with van der Waals surface area (Å²) in [4.78, 5) is 0. The van der Waals surface area contributed by atoms with Crippen LogP contribution >= 0.6 is 0 Å². The number of hydrogen-bond acceptors (Lipinski definition) is 1. The van der Waals surface area contributed by atoms with Crippen LogP contribution in [0, 0.1) is 41.9 Å². The Morgan fingerprint density at radius 1 is 1.10 bits per heavy atom. The van der Waals surface area contributed by atoms with Gasteiger partial charge in [-0.1, -0.05) is 50.1 Å². The van der Waals surface area contributed by atoms with Crippen LogP contribution in [0.5, 0.6) is 0 Å². The van der Waals surface area contributed by atoms with E-state index in [1.807, 2.05) is 0 Å². The summed E-state index contributed by atoms with van der Waals surface area (Å²) in [5.74, 6) is 0.762. The molecule has 1 fully saturated rings. The van der Waals surface area contributed by atoms with Crippen LogP contribution in [-0.2, 0) is 6.42 Å². The molecule has 0 heterocycles. The van der Waals surface area contributed by atoms with Crippen LogP contribution < -0.4 is 0 Å². The second-order valence-corrected chi connectivity index (χ2v) is 8.21. The van der Waals surface area contributed by atoms with Gasteiger partial charge in [-0.2, -0.15) is 5.26 Å². The number of nitrogens with zero attached hydrogens (tertiary/aromatic N) is 1. The second kappa shape index (κ2) is 5.84. The fraction of sp³-hybridized carbons (Fsp3) is 0.650. The summed E-state index contributed by atoms with van der Waals surface area (Å²) < 4.78 is 0. The summed E-state index contributed by atoms with van der Waals surface area (Å²) in [5.41, 5.74) is 4.19. The molecule has 0 aromatic heterocycles. The predicted molar refractivity (Wildman–Crippen MR) is 89.1 cm³/mol. The van der Waals surface area contributed by atoms with E-state index in [1.165, 1.54) is 29.5 Å². The third-order valence-electron chi connectivity index (χ3n) is 5.23. The van der Waals surface area contributed by atoms with Crippen molar-refractivity contribution in [2.75, 3.05) is 0 Å². The van der Waals surface area contributed by atoms with Gasteiger partial charge in [-0.15, -0.1) is 0 Å². The summed E-state index contributed by atoms with van der Waals surface area (Å²) in [6.45, 7) is 11.3. The summed E-state index contributed by atoms with van der Waals surface area (Å²) in [6.07, 6.45) is 5.42. The maximum Gasteiger partial charge on any atom is 0.0693 e. The van der Waals surface area contributed by atoms with E-state index in [2.05, 4.69) is 58.9 Å². The molecule has 0 amide bonds. The highest BCUT2D eigenvalue weighted by atomic mass is 14.4. The van der Waals surface area contributed by atoms with Gasteiger partial charge in [-0.05, 0) is 62.8 Å². The average molecular weight is 283 g/mol. The number of nitriles is 1. The zero-order valence-electron chi connectivity index (χ0n) is 14.3. The zero-order valence-corrected chi connectivity index (χ0v) is 14.3. The van der Waals surface area contributed by atoms with Crippen LogP contribution in [0.1, 0.15) is 63.1 Å². The van der Waals surface area contributed by atoms with E-state index in [0.29, 0.717) is 5.41 Å².